The Morgan fingerprint density at radius 2 is 2.00 bits per heavy atom. The number of fused-ring (bicyclic) bond motifs is 1. The highest BCUT2D eigenvalue weighted by Crippen LogP contribution is 2.34. The van der Waals surface area contributed by atoms with E-state index in [0.29, 0.717) is 0 Å². The van der Waals surface area contributed by atoms with E-state index in [1.54, 1.807) is 10.4 Å². The molecule has 0 spiro atoms. The fraction of sp³-hybridized carbons (Fsp3) is 0.333. The Kier molecular flexibility index (Phi) is 3.55. The molecule has 1 aromatic carbocycles. The molecule has 0 aliphatic heterocycles. The lowest BCUT2D eigenvalue weighted by Crippen LogP contribution is -2.11. The summed E-state index contributed by atoms with van der Waals surface area (Å²) in [6.07, 6.45) is 4.75. The van der Waals surface area contributed by atoms with Crippen molar-refractivity contribution in [2.75, 3.05) is 0 Å². The molecular formula is C15H16BrNS. The van der Waals surface area contributed by atoms with Crippen LogP contribution in [0.2, 0.25) is 0 Å². The van der Waals surface area contributed by atoms with Crippen molar-refractivity contribution in [2.24, 2.45) is 5.73 Å². The van der Waals surface area contributed by atoms with Crippen molar-refractivity contribution in [1.82, 2.24) is 0 Å². The largest absolute Gasteiger partial charge is 0.323 e. The second-order valence-electron chi connectivity index (χ2n) is 4.89. The molecule has 1 atom stereocenters. The highest BCUT2D eigenvalue weighted by molar-refractivity contribution is 9.10. The number of thiophene rings is 1. The van der Waals surface area contributed by atoms with Crippen molar-refractivity contribution in [2.45, 2.75) is 31.7 Å². The van der Waals surface area contributed by atoms with E-state index in [9.17, 15) is 0 Å². The average molecular weight is 322 g/mol. The Morgan fingerprint density at radius 3 is 2.72 bits per heavy atom. The Labute approximate surface area is 120 Å². The number of halogens is 1. The van der Waals surface area contributed by atoms with E-state index >= 15 is 0 Å². The van der Waals surface area contributed by atoms with Gasteiger partial charge >= 0.3 is 0 Å². The van der Waals surface area contributed by atoms with E-state index in [0.717, 1.165) is 10.9 Å². The zero-order valence-corrected chi connectivity index (χ0v) is 12.6. The molecule has 1 nitrogen and oxygen atoms in total. The minimum absolute atomic E-state index is 0.141. The maximum Gasteiger partial charge on any atom is 0.0430 e. The van der Waals surface area contributed by atoms with Crippen LogP contribution in [0.1, 0.15) is 33.3 Å². The van der Waals surface area contributed by atoms with E-state index in [1.807, 2.05) is 11.3 Å². The van der Waals surface area contributed by atoms with Gasteiger partial charge in [-0.25, -0.2) is 0 Å². The van der Waals surface area contributed by atoms with Gasteiger partial charge in [0.05, 0.1) is 0 Å². The van der Waals surface area contributed by atoms with Gasteiger partial charge in [-0.15, -0.1) is 11.3 Å². The molecule has 1 aromatic heterocycles. The second-order valence-corrected chi connectivity index (χ2v) is 6.97. The molecule has 2 aromatic rings. The fourth-order valence-electron chi connectivity index (χ4n) is 2.51. The molecule has 0 radical (unpaired) electrons. The molecule has 2 N–H and O–H groups in total. The molecule has 1 aliphatic carbocycles. The number of rotatable bonds is 3. The van der Waals surface area contributed by atoms with Gasteiger partial charge in [0.15, 0.2) is 0 Å². The molecule has 1 unspecified atom stereocenters. The second kappa shape index (κ2) is 5.16. The summed E-state index contributed by atoms with van der Waals surface area (Å²) in [7, 11) is 0. The quantitative estimate of drug-likeness (QED) is 0.898. The Hall–Kier alpha value is -0.640. The van der Waals surface area contributed by atoms with Crippen molar-refractivity contribution in [3.63, 3.8) is 0 Å². The normalized spacial score (nSPS) is 15.7. The van der Waals surface area contributed by atoms with Gasteiger partial charge in [0.1, 0.15) is 0 Å². The molecule has 0 fully saturated rings. The molecule has 1 heterocycles. The topological polar surface area (TPSA) is 26.0 Å². The number of nitrogens with two attached hydrogens (primary N) is 1. The van der Waals surface area contributed by atoms with E-state index in [2.05, 4.69) is 46.3 Å². The van der Waals surface area contributed by atoms with Gasteiger partial charge in [-0.3, -0.25) is 0 Å². The van der Waals surface area contributed by atoms with Gasteiger partial charge < -0.3 is 5.73 Å². The summed E-state index contributed by atoms with van der Waals surface area (Å²) in [6, 6.07) is 10.9. The third-order valence-electron chi connectivity index (χ3n) is 3.50. The van der Waals surface area contributed by atoms with Gasteiger partial charge in [-0.05, 0) is 55.0 Å². The predicted molar refractivity (Wildman–Crippen MR) is 81.1 cm³/mol. The van der Waals surface area contributed by atoms with Gasteiger partial charge in [-0.1, -0.05) is 28.1 Å². The van der Waals surface area contributed by atoms with Crippen LogP contribution in [0.3, 0.4) is 0 Å². The Bertz CT molecular complexity index is 523. The number of hydrogen-bond donors (Lipinski definition) is 1. The minimum Gasteiger partial charge on any atom is -0.323 e. The SMILES string of the molecule is NC(Cc1ccc(Br)cc1)c1cc2c(s1)CCC2. The fourth-order valence-corrected chi connectivity index (χ4v) is 4.03. The van der Waals surface area contributed by atoms with Crippen LogP contribution in [-0.2, 0) is 19.3 Å². The standard InChI is InChI=1S/C15H16BrNS/c16-12-6-4-10(5-7-12)8-13(17)15-9-11-2-1-3-14(11)18-15/h4-7,9,13H,1-3,8,17H2. The third kappa shape index (κ3) is 2.53. The van der Waals surface area contributed by atoms with Crippen LogP contribution in [0.4, 0.5) is 0 Å². The van der Waals surface area contributed by atoms with Gasteiger partial charge in [0.2, 0.25) is 0 Å². The van der Waals surface area contributed by atoms with Crippen LogP contribution in [0.15, 0.2) is 34.8 Å². The smallest absolute Gasteiger partial charge is 0.0430 e. The molecule has 94 valence electrons. The molecule has 0 bridgehead atoms. The Balaban J connectivity index is 1.74. The van der Waals surface area contributed by atoms with Crippen molar-refractivity contribution in [3.8, 4) is 0 Å². The van der Waals surface area contributed by atoms with E-state index in [4.69, 9.17) is 5.73 Å². The minimum atomic E-state index is 0.141. The lowest BCUT2D eigenvalue weighted by molar-refractivity contribution is 0.735. The molecular weight excluding hydrogens is 306 g/mol. The first kappa shape index (κ1) is 12.4. The van der Waals surface area contributed by atoms with Crippen molar-refractivity contribution in [1.29, 1.82) is 0 Å². The van der Waals surface area contributed by atoms with Crippen LogP contribution < -0.4 is 5.73 Å². The Morgan fingerprint density at radius 1 is 1.22 bits per heavy atom. The molecule has 0 amide bonds. The number of hydrogen-bond acceptors (Lipinski definition) is 2. The average Bonchev–Trinajstić information content (AvgIpc) is 2.92. The summed E-state index contributed by atoms with van der Waals surface area (Å²) in [5.74, 6) is 0. The van der Waals surface area contributed by atoms with Gasteiger partial charge in [0.25, 0.3) is 0 Å². The van der Waals surface area contributed by atoms with Crippen molar-refractivity contribution in [3.05, 3.63) is 55.7 Å². The first-order valence-electron chi connectivity index (χ1n) is 6.34. The number of benzene rings is 1. The third-order valence-corrected chi connectivity index (χ3v) is 5.40. The van der Waals surface area contributed by atoms with Crippen LogP contribution in [0.5, 0.6) is 0 Å². The molecule has 1 aliphatic rings. The summed E-state index contributed by atoms with van der Waals surface area (Å²) in [6.45, 7) is 0. The lowest BCUT2D eigenvalue weighted by Gasteiger charge is -2.09. The molecule has 18 heavy (non-hydrogen) atoms. The molecule has 0 saturated carbocycles. The maximum atomic E-state index is 6.32. The summed E-state index contributed by atoms with van der Waals surface area (Å²) in [5.41, 5.74) is 9.17. The van der Waals surface area contributed by atoms with Crippen molar-refractivity contribution >= 4 is 27.3 Å². The predicted octanol–water partition coefficient (Wildman–Crippen LogP) is 4.24. The maximum absolute atomic E-state index is 6.32. The van der Waals surface area contributed by atoms with Crippen LogP contribution in [0.25, 0.3) is 0 Å². The highest BCUT2D eigenvalue weighted by atomic mass is 79.9. The first-order valence-corrected chi connectivity index (χ1v) is 7.95. The van der Waals surface area contributed by atoms with Crippen LogP contribution in [0, 0.1) is 0 Å². The molecule has 3 rings (SSSR count). The van der Waals surface area contributed by atoms with E-state index < -0.39 is 0 Å². The van der Waals surface area contributed by atoms with E-state index in [-0.39, 0.29) is 6.04 Å². The summed E-state index contributed by atoms with van der Waals surface area (Å²) >= 11 is 5.38. The zero-order valence-electron chi connectivity index (χ0n) is 10.2. The van der Waals surface area contributed by atoms with Crippen LogP contribution in [-0.4, -0.2) is 0 Å². The van der Waals surface area contributed by atoms with Gasteiger partial charge in [-0.2, -0.15) is 0 Å². The number of aryl methyl sites for hydroxylation is 2. The van der Waals surface area contributed by atoms with Gasteiger partial charge in [0, 0.05) is 20.3 Å². The van der Waals surface area contributed by atoms with E-state index in [1.165, 1.54) is 29.7 Å². The first-order chi connectivity index (χ1) is 8.72. The monoisotopic (exact) mass is 321 g/mol. The molecule has 3 heteroatoms. The van der Waals surface area contributed by atoms with Crippen molar-refractivity contribution < 1.29 is 0 Å². The lowest BCUT2D eigenvalue weighted by atomic mass is 10.0. The molecule has 0 saturated heterocycles. The van der Waals surface area contributed by atoms with Crippen LogP contribution >= 0.6 is 27.3 Å². The highest BCUT2D eigenvalue weighted by Gasteiger charge is 2.18. The summed E-state index contributed by atoms with van der Waals surface area (Å²) in [4.78, 5) is 2.92. The zero-order chi connectivity index (χ0) is 12.5. The summed E-state index contributed by atoms with van der Waals surface area (Å²) < 4.78 is 1.12. The summed E-state index contributed by atoms with van der Waals surface area (Å²) in [5, 5.41) is 0.